The summed E-state index contributed by atoms with van der Waals surface area (Å²) in [4.78, 5) is 24.4. The fraction of sp³-hybridized carbons (Fsp3) is 0.889. The van der Waals surface area contributed by atoms with Gasteiger partial charge in [-0.3, -0.25) is 9.59 Å². The molecule has 0 aromatic heterocycles. The van der Waals surface area contributed by atoms with Crippen molar-refractivity contribution in [3.63, 3.8) is 0 Å². The van der Waals surface area contributed by atoms with Crippen molar-refractivity contribution in [2.45, 2.75) is 296 Å². The van der Waals surface area contributed by atoms with Crippen molar-refractivity contribution >= 4 is 11.9 Å². The summed E-state index contributed by atoms with van der Waals surface area (Å²) in [5.74, 6) is -0.0459. The van der Waals surface area contributed by atoms with E-state index in [-0.39, 0.29) is 18.5 Å². The highest BCUT2D eigenvalue weighted by Crippen LogP contribution is 2.17. The number of allylic oxidation sites excluding steroid dienone is 4. The molecule has 0 spiro atoms. The van der Waals surface area contributed by atoms with Gasteiger partial charge >= 0.3 is 5.97 Å². The van der Waals surface area contributed by atoms with Crippen molar-refractivity contribution in [2.75, 3.05) is 13.2 Å². The number of aliphatic hydroxyl groups excluding tert-OH is 2. The van der Waals surface area contributed by atoms with E-state index >= 15 is 0 Å². The zero-order valence-corrected chi connectivity index (χ0v) is 40.2. The summed E-state index contributed by atoms with van der Waals surface area (Å²) in [5.41, 5.74) is 0. The van der Waals surface area contributed by atoms with E-state index in [1.54, 1.807) is 0 Å². The van der Waals surface area contributed by atoms with Gasteiger partial charge in [-0.05, 0) is 57.8 Å². The third-order valence-corrected chi connectivity index (χ3v) is 12.3. The number of aliphatic hydroxyl groups is 2. The second kappa shape index (κ2) is 50.0. The lowest BCUT2D eigenvalue weighted by atomic mass is 10.0. The molecule has 60 heavy (non-hydrogen) atoms. The second-order valence-electron chi connectivity index (χ2n) is 18.2. The van der Waals surface area contributed by atoms with Crippen LogP contribution in [0.3, 0.4) is 0 Å². The molecule has 0 fully saturated rings. The average molecular weight is 846 g/mol. The van der Waals surface area contributed by atoms with E-state index in [0.717, 1.165) is 51.4 Å². The van der Waals surface area contributed by atoms with Gasteiger partial charge in [0.2, 0.25) is 5.91 Å². The van der Waals surface area contributed by atoms with E-state index < -0.39 is 12.1 Å². The molecule has 0 aromatic carbocycles. The number of rotatable bonds is 49. The van der Waals surface area contributed by atoms with Gasteiger partial charge in [0.05, 0.1) is 25.4 Å². The van der Waals surface area contributed by atoms with Crippen LogP contribution in [-0.4, -0.2) is 47.4 Å². The highest BCUT2D eigenvalue weighted by Gasteiger charge is 2.20. The first-order valence-electron chi connectivity index (χ1n) is 26.6. The Bertz CT molecular complexity index is 935. The fourth-order valence-electron chi connectivity index (χ4n) is 8.14. The highest BCUT2D eigenvalue weighted by atomic mass is 16.5. The number of esters is 1. The quantitative estimate of drug-likeness (QED) is 0.0322. The SMILES string of the molecule is CCCCC/C=C\C/C=C\CCCCCCCC(=O)OCCCCCCCCCCCCCCCCCCCCCC(=O)NC(CO)C(O)CCCCCCCCCCC. The zero-order valence-electron chi connectivity index (χ0n) is 40.2. The lowest BCUT2D eigenvalue weighted by molar-refractivity contribution is -0.143. The molecule has 6 nitrogen and oxygen atoms in total. The topological polar surface area (TPSA) is 95.9 Å². The molecule has 1 amide bonds. The standard InChI is InChI=1S/C54H103NO5/c1-3-5-7-9-11-13-14-15-21-25-28-32-36-40-44-48-54(59)60-49-45-41-37-33-29-26-23-20-18-16-17-19-22-24-27-31-35-39-43-47-53(58)55-51(50-56)52(57)46-42-38-34-30-12-10-8-6-4-2/h11,13,15,21,51-52,56-57H,3-10,12,14,16-20,22-50H2,1-2H3,(H,55,58)/b13-11-,21-15-. The van der Waals surface area contributed by atoms with E-state index in [2.05, 4.69) is 43.5 Å². The van der Waals surface area contributed by atoms with Crippen LogP contribution in [0.2, 0.25) is 0 Å². The molecule has 2 atom stereocenters. The molecule has 0 aromatic rings. The van der Waals surface area contributed by atoms with Crippen LogP contribution in [0.25, 0.3) is 0 Å². The van der Waals surface area contributed by atoms with Crippen LogP contribution in [0, 0.1) is 0 Å². The Balaban J connectivity index is 3.38. The van der Waals surface area contributed by atoms with Crippen molar-refractivity contribution in [1.82, 2.24) is 5.32 Å². The smallest absolute Gasteiger partial charge is 0.305 e. The summed E-state index contributed by atoms with van der Waals surface area (Å²) in [6, 6.07) is -0.541. The van der Waals surface area contributed by atoms with Crippen LogP contribution < -0.4 is 5.32 Å². The fourth-order valence-corrected chi connectivity index (χ4v) is 8.14. The number of unbranched alkanes of at least 4 members (excludes halogenated alkanes) is 34. The zero-order chi connectivity index (χ0) is 43.7. The Morgan fingerprint density at radius 1 is 0.467 bits per heavy atom. The minimum Gasteiger partial charge on any atom is -0.466 e. The molecule has 2 unspecified atom stereocenters. The van der Waals surface area contributed by atoms with E-state index in [9.17, 15) is 19.8 Å². The minimum absolute atomic E-state index is 0.00529. The third kappa shape index (κ3) is 45.9. The maximum atomic E-state index is 12.4. The van der Waals surface area contributed by atoms with Crippen LogP contribution in [0.4, 0.5) is 0 Å². The second-order valence-corrected chi connectivity index (χ2v) is 18.2. The first kappa shape index (κ1) is 58.3. The predicted octanol–water partition coefficient (Wildman–Crippen LogP) is 15.9. The Labute approximate surface area is 373 Å². The molecule has 0 aliphatic carbocycles. The largest absolute Gasteiger partial charge is 0.466 e. The van der Waals surface area contributed by atoms with Crippen LogP contribution in [0.5, 0.6) is 0 Å². The van der Waals surface area contributed by atoms with Gasteiger partial charge in [-0.2, -0.15) is 0 Å². The van der Waals surface area contributed by atoms with Gasteiger partial charge in [0.25, 0.3) is 0 Å². The minimum atomic E-state index is -0.664. The van der Waals surface area contributed by atoms with Crippen LogP contribution >= 0.6 is 0 Å². The monoisotopic (exact) mass is 846 g/mol. The Kier molecular flexibility index (Phi) is 48.6. The Morgan fingerprint density at radius 2 is 0.833 bits per heavy atom. The average Bonchev–Trinajstić information content (AvgIpc) is 3.25. The summed E-state index contributed by atoms with van der Waals surface area (Å²) < 4.78 is 5.47. The summed E-state index contributed by atoms with van der Waals surface area (Å²) in [7, 11) is 0. The molecule has 3 N–H and O–H groups in total. The molecule has 0 saturated heterocycles. The maximum Gasteiger partial charge on any atom is 0.305 e. The first-order chi connectivity index (χ1) is 29.5. The number of hydrogen-bond donors (Lipinski definition) is 3. The number of amides is 1. The summed E-state index contributed by atoms with van der Waals surface area (Å²) in [6.07, 6.45) is 58.7. The van der Waals surface area contributed by atoms with Crippen molar-refractivity contribution in [2.24, 2.45) is 0 Å². The molecule has 0 bridgehead atoms. The molecular formula is C54H103NO5. The van der Waals surface area contributed by atoms with Crippen molar-refractivity contribution in [3.8, 4) is 0 Å². The molecule has 0 aliphatic rings. The van der Waals surface area contributed by atoms with Crippen LogP contribution in [-0.2, 0) is 14.3 Å². The number of nitrogens with one attached hydrogen (secondary N) is 1. The Morgan fingerprint density at radius 3 is 1.30 bits per heavy atom. The van der Waals surface area contributed by atoms with Gasteiger partial charge in [-0.1, -0.05) is 237 Å². The normalized spacial score (nSPS) is 12.8. The van der Waals surface area contributed by atoms with Gasteiger partial charge in [0, 0.05) is 12.8 Å². The molecular weight excluding hydrogens is 743 g/mol. The summed E-state index contributed by atoms with van der Waals surface area (Å²) in [6.45, 7) is 4.89. The molecule has 0 rings (SSSR count). The van der Waals surface area contributed by atoms with E-state index in [1.165, 1.54) is 199 Å². The Hall–Kier alpha value is -1.66. The number of carbonyl (C=O) groups is 2. The van der Waals surface area contributed by atoms with Crippen molar-refractivity contribution in [1.29, 1.82) is 0 Å². The van der Waals surface area contributed by atoms with E-state index in [0.29, 0.717) is 25.9 Å². The number of ether oxygens (including phenoxy) is 1. The van der Waals surface area contributed by atoms with Gasteiger partial charge in [-0.25, -0.2) is 0 Å². The van der Waals surface area contributed by atoms with Gasteiger partial charge in [0.15, 0.2) is 0 Å². The van der Waals surface area contributed by atoms with Gasteiger partial charge < -0.3 is 20.3 Å². The first-order valence-corrected chi connectivity index (χ1v) is 26.6. The molecule has 0 aliphatic heterocycles. The van der Waals surface area contributed by atoms with Crippen LogP contribution in [0.1, 0.15) is 284 Å². The highest BCUT2D eigenvalue weighted by molar-refractivity contribution is 5.76. The predicted molar refractivity (Wildman–Crippen MR) is 260 cm³/mol. The van der Waals surface area contributed by atoms with Gasteiger partial charge in [0.1, 0.15) is 0 Å². The molecule has 0 heterocycles. The molecule has 0 radical (unpaired) electrons. The lowest BCUT2D eigenvalue weighted by Gasteiger charge is -2.22. The van der Waals surface area contributed by atoms with Gasteiger partial charge in [-0.15, -0.1) is 0 Å². The number of carbonyl (C=O) groups excluding carboxylic acids is 2. The maximum absolute atomic E-state index is 12.4. The number of hydrogen-bond acceptors (Lipinski definition) is 5. The van der Waals surface area contributed by atoms with Crippen molar-refractivity contribution < 1.29 is 24.5 Å². The lowest BCUT2D eigenvalue weighted by Crippen LogP contribution is -2.45. The third-order valence-electron chi connectivity index (χ3n) is 12.3. The van der Waals surface area contributed by atoms with Crippen molar-refractivity contribution in [3.05, 3.63) is 24.3 Å². The summed E-state index contributed by atoms with van der Waals surface area (Å²) in [5, 5.41) is 23.1. The van der Waals surface area contributed by atoms with E-state index in [4.69, 9.17) is 4.74 Å². The molecule has 0 saturated carbocycles. The molecule has 354 valence electrons. The van der Waals surface area contributed by atoms with Crippen LogP contribution in [0.15, 0.2) is 24.3 Å². The van der Waals surface area contributed by atoms with E-state index in [1.807, 2.05) is 0 Å². The summed E-state index contributed by atoms with van der Waals surface area (Å²) >= 11 is 0. The molecule has 6 heteroatoms.